The van der Waals surface area contributed by atoms with Crippen molar-refractivity contribution in [2.45, 2.75) is 0 Å². The molecule has 0 saturated heterocycles. The van der Waals surface area contributed by atoms with Crippen LogP contribution in [0.1, 0.15) is 5.82 Å². The van der Waals surface area contributed by atoms with Crippen molar-refractivity contribution < 1.29 is 4.42 Å². The fraction of sp³-hybridized carbons (Fsp3) is 0.0400. The Labute approximate surface area is 194 Å². The molecule has 0 saturated carbocycles. The zero-order valence-corrected chi connectivity index (χ0v) is 18.1. The Morgan fingerprint density at radius 2 is 1.53 bits per heavy atom. The van der Waals surface area contributed by atoms with Crippen LogP contribution in [-0.4, -0.2) is 42.2 Å². The molecular weight excluding hydrogens is 428 g/mol. The summed E-state index contributed by atoms with van der Waals surface area (Å²) < 4.78 is 5.89. The standard InChI is InChI=1S/C25H18N8O/c1-33-13-11-19(15-28-33)24-31-22(30-23(32-24)18-10-12-26-27-14-18)16-6-8-17(9-7-16)25-29-20-4-2-3-5-21(20)34-25/h2-15,28H,1H3. The van der Waals surface area contributed by atoms with E-state index in [-0.39, 0.29) is 0 Å². The summed E-state index contributed by atoms with van der Waals surface area (Å²) in [5, 5.41) is 9.65. The van der Waals surface area contributed by atoms with Crippen LogP contribution in [0.25, 0.3) is 50.9 Å². The van der Waals surface area contributed by atoms with E-state index in [1.807, 2.05) is 85.1 Å². The molecular formula is C25H18N8O. The lowest BCUT2D eigenvalue weighted by atomic mass is 10.1. The van der Waals surface area contributed by atoms with Crippen LogP contribution in [0.15, 0.2) is 89.9 Å². The maximum Gasteiger partial charge on any atom is 0.227 e. The first-order chi connectivity index (χ1) is 16.7. The highest BCUT2D eigenvalue weighted by molar-refractivity contribution is 5.77. The van der Waals surface area contributed by atoms with Gasteiger partial charge in [0.15, 0.2) is 23.1 Å². The average molecular weight is 446 g/mol. The molecule has 9 heteroatoms. The van der Waals surface area contributed by atoms with Gasteiger partial charge in [-0.05, 0) is 36.4 Å². The van der Waals surface area contributed by atoms with Crippen LogP contribution < -0.4 is 5.43 Å². The van der Waals surface area contributed by atoms with Crippen molar-refractivity contribution in [2.75, 3.05) is 7.05 Å². The van der Waals surface area contributed by atoms with E-state index < -0.39 is 0 Å². The number of hydrogen-bond donors (Lipinski definition) is 1. The fourth-order valence-corrected chi connectivity index (χ4v) is 3.54. The van der Waals surface area contributed by atoms with Crippen LogP contribution in [0.4, 0.5) is 0 Å². The van der Waals surface area contributed by atoms with Gasteiger partial charge >= 0.3 is 0 Å². The molecule has 0 spiro atoms. The molecule has 1 N–H and O–H groups in total. The molecule has 0 amide bonds. The number of para-hydroxylation sites is 2. The second-order valence-corrected chi connectivity index (χ2v) is 7.66. The number of oxazole rings is 1. The first-order valence-electron chi connectivity index (χ1n) is 10.6. The number of hydrazine groups is 1. The van der Waals surface area contributed by atoms with Crippen LogP contribution in [0.2, 0.25) is 0 Å². The summed E-state index contributed by atoms with van der Waals surface area (Å²) in [6.45, 7) is 0. The molecule has 4 heterocycles. The first kappa shape index (κ1) is 19.7. The number of nitrogens with zero attached hydrogens (tertiary/aromatic N) is 7. The summed E-state index contributed by atoms with van der Waals surface area (Å²) in [5.41, 5.74) is 8.03. The number of hydrogen-bond acceptors (Lipinski definition) is 9. The monoisotopic (exact) mass is 446 g/mol. The third kappa shape index (κ3) is 3.75. The molecule has 6 rings (SSSR count). The number of fused-ring (bicyclic) bond motifs is 1. The Morgan fingerprint density at radius 1 is 0.765 bits per heavy atom. The van der Waals surface area contributed by atoms with Gasteiger partial charge in [-0.2, -0.15) is 10.2 Å². The lowest BCUT2D eigenvalue weighted by Crippen LogP contribution is -2.26. The molecule has 5 aromatic rings. The van der Waals surface area contributed by atoms with Crippen molar-refractivity contribution >= 4 is 16.7 Å². The Kier molecular flexibility index (Phi) is 4.77. The van der Waals surface area contributed by atoms with E-state index in [0.717, 1.165) is 33.4 Å². The fourth-order valence-electron chi connectivity index (χ4n) is 3.54. The van der Waals surface area contributed by atoms with Crippen LogP contribution in [0, 0.1) is 0 Å². The SMILES string of the molecule is CN1C=CC(c2nc(-c3ccc(-c4nc5ccccc5o4)cc3)nc(-c3ccnnc3)n2)=CN1. The maximum atomic E-state index is 5.89. The smallest absolute Gasteiger partial charge is 0.227 e. The summed E-state index contributed by atoms with van der Waals surface area (Å²) in [4.78, 5) is 18.7. The van der Waals surface area contributed by atoms with E-state index in [1.165, 1.54) is 0 Å². The normalized spacial score (nSPS) is 13.1. The zero-order chi connectivity index (χ0) is 22.9. The van der Waals surface area contributed by atoms with Gasteiger partial charge in [-0.25, -0.2) is 19.9 Å². The molecule has 3 aromatic heterocycles. The van der Waals surface area contributed by atoms with Gasteiger partial charge < -0.3 is 9.84 Å². The van der Waals surface area contributed by atoms with E-state index in [9.17, 15) is 0 Å². The van der Waals surface area contributed by atoms with Crippen LogP contribution in [0.5, 0.6) is 0 Å². The maximum absolute atomic E-state index is 5.89. The topological polar surface area (TPSA) is 106 Å². The lowest BCUT2D eigenvalue weighted by Gasteiger charge is -2.19. The first-order valence-corrected chi connectivity index (χ1v) is 10.6. The van der Waals surface area contributed by atoms with E-state index in [2.05, 4.69) is 25.6 Å². The molecule has 1 aliphatic heterocycles. The van der Waals surface area contributed by atoms with E-state index in [4.69, 9.17) is 14.4 Å². The molecule has 9 nitrogen and oxygen atoms in total. The number of allylic oxidation sites excluding steroid dienone is 2. The van der Waals surface area contributed by atoms with Crippen molar-refractivity contribution in [2.24, 2.45) is 0 Å². The number of aromatic nitrogens is 6. The molecule has 34 heavy (non-hydrogen) atoms. The molecule has 0 radical (unpaired) electrons. The molecule has 2 aromatic carbocycles. The van der Waals surface area contributed by atoms with Gasteiger partial charge in [-0.1, -0.05) is 24.3 Å². The van der Waals surface area contributed by atoms with Crippen LogP contribution in [0.3, 0.4) is 0 Å². The van der Waals surface area contributed by atoms with Crippen LogP contribution >= 0.6 is 0 Å². The van der Waals surface area contributed by atoms with Gasteiger partial charge in [0.05, 0.1) is 12.4 Å². The Morgan fingerprint density at radius 3 is 2.26 bits per heavy atom. The third-order valence-electron chi connectivity index (χ3n) is 5.32. The molecule has 0 atom stereocenters. The van der Waals surface area contributed by atoms with Crippen LogP contribution in [-0.2, 0) is 0 Å². The van der Waals surface area contributed by atoms with Crippen molar-refractivity contribution in [3.8, 4) is 34.2 Å². The summed E-state index contributed by atoms with van der Waals surface area (Å²) >= 11 is 0. The molecule has 164 valence electrons. The van der Waals surface area contributed by atoms with Gasteiger partial charge in [0, 0.05) is 41.7 Å². The second kappa shape index (κ2) is 8.21. The predicted octanol–water partition coefficient (Wildman–Crippen LogP) is 4.11. The molecule has 0 aliphatic carbocycles. The summed E-state index contributed by atoms with van der Waals surface area (Å²) in [5.74, 6) is 2.19. The molecule has 0 bridgehead atoms. The third-order valence-corrected chi connectivity index (χ3v) is 5.32. The Hall–Kier alpha value is -4.92. The average Bonchev–Trinajstić information content (AvgIpc) is 3.34. The minimum Gasteiger partial charge on any atom is -0.436 e. The zero-order valence-electron chi connectivity index (χ0n) is 18.1. The molecule has 0 fully saturated rings. The largest absolute Gasteiger partial charge is 0.436 e. The van der Waals surface area contributed by atoms with Crippen molar-refractivity contribution in [3.05, 3.63) is 91.3 Å². The summed E-state index contributed by atoms with van der Waals surface area (Å²) in [7, 11) is 1.91. The van der Waals surface area contributed by atoms with Crippen molar-refractivity contribution in [1.82, 2.24) is 40.6 Å². The highest BCUT2D eigenvalue weighted by Crippen LogP contribution is 2.27. The molecule has 1 aliphatic rings. The summed E-state index contributed by atoms with van der Waals surface area (Å²) in [6, 6.07) is 17.3. The molecule has 0 unspecified atom stereocenters. The van der Waals surface area contributed by atoms with Gasteiger partial charge in [0.1, 0.15) is 5.52 Å². The second-order valence-electron chi connectivity index (χ2n) is 7.66. The highest BCUT2D eigenvalue weighted by Gasteiger charge is 2.15. The lowest BCUT2D eigenvalue weighted by molar-refractivity contribution is 0.384. The van der Waals surface area contributed by atoms with Gasteiger partial charge in [0.25, 0.3) is 0 Å². The number of rotatable bonds is 4. The Bertz CT molecular complexity index is 1510. The number of nitrogens with one attached hydrogen (secondary N) is 1. The van der Waals surface area contributed by atoms with Gasteiger partial charge in [-0.3, -0.25) is 5.01 Å². The van der Waals surface area contributed by atoms with Crippen molar-refractivity contribution in [1.29, 1.82) is 0 Å². The highest BCUT2D eigenvalue weighted by atomic mass is 16.3. The van der Waals surface area contributed by atoms with Gasteiger partial charge in [-0.15, -0.1) is 0 Å². The predicted molar refractivity (Wildman–Crippen MR) is 127 cm³/mol. The number of benzene rings is 2. The minimum absolute atomic E-state index is 0.520. The van der Waals surface area contributed by atoms with Crippen molar-refractivity contribution in [3.63, 3.8) is 0 Å². The van der Waals surface area contributed by atoms with E-state index in [1.54, 1.807) is 12.4 Å². The van der Waals surface area contributed by atoms with E-state index >= 15 is 0 Å². The van der Waals surface area contributed by atoms with Gasteiger partial charge in [0.2, 0.25) is 5.89 Å². The summed E-state index contributed by atoms with van der Waals surface area (Å²) in [6.07, 6.45) is 8.95. The quantitative estimate of drug-likeness (QED) is 0.436. The minimum atomic E-state index is 0.520. The van der Waals surface area contributed by atoms with E-state index in [0.29, 0.717) is 23.4 Å². The Balaban J connectivity index is 1.41.